The molecule has 12 heteroatoms. The number of nitrogens with zero attached hydrogens (tertiary/aromatic N) is 2. The average Bonchev–Trinajstić information content (AvgIpc) is 2.88. The smallest absolute Gasteiger partial charge is 0.318 e. The third-order valence-corrected chi connectivity index (χ3v) is 5.15. The van der Waals surface area contributed by atoms with Crippen LogP contribution in [0.1, 0.15) is 0 Å². The van der Waals surface area contributed by atoms with Crippen molar-refractivity contribution in [3.8, 4) is 33.9 Å². The summed E-state index contributed by atoms with van der Waals surface area (Å²) in [5.74, 6) is -4.00. The minimum absolute atomic E-state index is 0.0647. The highest BCUT2D eigenvalue weighted by Gasteiger charge is 2.39. The van der Waals surface area contributed by atoms with E-state index in [1.165, 1.54) is 48.5 Å². The summed E-state index contributed by atoms with van der Waals surface area (Å²) in [6.45, 7) is 0. The van der Waals surface area contributed by atoms with Gasteiger partial charge in [0.25, 0.3) is 0 Å². The SMILES string of the molecule is O=C(Nc1ccc(-c2cc(-c3ccccc3)nc(-c3ccc(NC(=O)C(F)(F)F)cc3)n2)cc1)C(F)(F)F. The Morgan fingerprint density at radius 2 is 0.947 bits per heavy atom. The maximum absolute atomic E-state index is 12.5. The summed E-state index contributed by atoms with van der Waals surface area (Å²) in [4.78, 5) is 31.4. The van der Waals surface area contributed by atoms with Gasteiger partial charge in [0.15, 0.2) is 5.82 Å². The number of hydrogen-bond donors (Lipinski definition) is 2. The van der Waals surface area contributed by atoms with Crippen molar-refractivity contribution >= 4 is 23.2 Å². The first-order valence-corrected chi connectivity index (χ1v) is 10.8. The summed E-state index contributed by atoms with van der Waals surface area (Å²) in [6, 6.07) is 21.7. The van der Waals surface area contributed by atoms with Crippen molar-refractivity contribution in [1.29, 1.82) is 0 Å². The molecule has 1 heterocycles. The molecule has 6 nitrogen and oxygen atoms in total. The second-order valence-corrected chi connectivity index (χ2v) is 7.89. The molecule has 0 aliphatic rings. The summed E-state index contributed by atoms with van der Waals surface area (Å²) in [6.07, 6.45) is -10.1. The van der Waals surface area contributed by atoms with Crippen LogP contribution in [0.5, 0.6) is 0 Å². The molecule has 0 atom stereocenters. The van der Waals surface area contributed by atoms with Gasteiger partial charge in [-0.05, 0) is 42.5 Å². The normalized spacial score (nSPS) is 11.6. The third-order valence-electron chi connectivity index (χ3n) is 5.15. The van der Waals surface area contributed by atoms with Crippen molar-refractivity contribution in [2.75, 3.05) is 10.6 Å². The lowest BCUT2D eigenvalue weighted by Gasteiger charge is -2.11. The van der Waals surface area contributed by atoms with Gasteiger partial charge in [0.1, 0.15) is 0 Å². The zero-order chi connectivity index (χ0) is 27.5. The zero-order valence-corrected chi connectivity index (χ0v) is 19.1. The fourth-order valence-electron chi connectivity index (χ4n) is 3.31. The Morgan fingerprint density at radius 1 is 0.553 bits per heavy atom. The van der Waals surface area contributed by atoms with Crippen LogP contribution in [0.15, 0.2) is 84.9 Å². The van der Waals surface area contributed by atoms with Crippen LogP contribution in [-0.4, -0.2) is 34.1 Å². The molecule has 0 radical (unpaired) electrons. The minimum Gasteiger partial charge on any atom is -0.318 e. The number of halogens is 6. The summed E-state index contributed by atoms with van der Waals surface area (Å²) >= 11 is 0. The van der Waals surface area contributed by atoms with Gasteiger partial charge in [-0.3, -0.25) is 9.59 Å². The van der Waals surface area contributed by atoms with Gasteiger partial charge in [0, 0.05) is 28.1 Å². The van der Waals surface area contributed by atoms with Crippen LogP contribution in [0.2, 0.25) is 0 Å². The van der Waals surface area contributed by atoms with E-state index in [-0.39, 0.29) is 17.2 Å². The predicted octanol–water partition coefficient (Wildman–Crippen LogP) is 6.48. The summed E-state index contributed by atoms with van der Waals surface area (Å²) in [5, 5.41) is 3.52. The lowest BCUT2D eigenvalue weighted by molar-refractivity contribution is -0.167. The van der Waals surface area contributed by atoms with E-state index in [0.717, 1.165) is 5.56 Å². The summed E-state index contributed by atoms with van der Waals surface area (Å²) in [5.41, 5.74) is 2.44. The average molecular weight is 530 g/mol. The number of hydrogen-bond acceptors (Lipinski definition) is 4. The third kappa shape index (κ3) is 6.33. The Bertz CT molecular complexity index is 1360. The number of benzene rings is 3. The Kier molecular flexibility index (Phi) is 7.15. The van der Waals surface area contributed by atoms with Crippen LogP contribution in [0, 0.1) is 0 Å². The number of aromatic nitrogens is 2. The molecule has 194 valence electrons. The van der Waals surface area contributed by atoms with Crippen LogP contribution < -0.4 is 10.6 Å². The van der Waals surface area contributed by atoms with Gasteiger partial charge in [-0.15, -0.1) is 0 Å². The molecule has 0 saturated carbocycles. The minimum atomic E-state index is -5.04. The molecule has 0 saturated heterocycles. The number of alkyl halides is 6. The van der Waals surface area contributed by atoms with Crippen LogP contribution in [0.4, 0.5) is 37.7 Å². The van der Waals surface area contributed by atoms with E-state index in [4.69, 9.17) is 0 Å². The van der Waals surface area contributed by atoms with E-state index in [1.807, 2.05) is 6.07 Å². The molecule has 2 N–H and O–H groups in total. The lowest BCUT2D eigenvalue weighted by Crippen LogP contribution is -2.29. The van der Waals surface area contributed by atoms with Crippen molar-refractivity contribution in [3.05, 3.63) is 84.9 Å². The largest absolute Gasteiger partial charge is 0.471 e. The molecule has 0 aliphatic heterocycles. The molecule has 4 aromatic rings. The van der Waals surface area contributed by atoms with Gasteiger partial charge in [0.2, 0.25) is 0 Å². The molecule has 0 spiro atoms. The molecule has 1 aromatic heterocycles. The Hall–Kier alpha value is -4.74. The summed E-state index contributed by atoms with van der Waals surface area (Å²) < 4.78 is 75.2. The van der Waals surface area contributed by atoms with Gasteiger partial charge >= 0.3 is 24.2 Å². The molecule has 38 heavy (non-hydrogen) atoms. The van der Waals surface area contributed by atoms with Gasteiger partial charge in [-0.1, -0.05) is 42.5 Å². The summed E-state index contributed by atoms with van der Waals surface area (Å²) in [7, 11) is 0. The first kappa shape index (κ1) is 26.3. The van der Waals surface area contributed by atoms with Crippen LogP contribution in [-0.2, 0) is 9.59 Å². The Labute approximate surface area is 211 Å². The highest BCUT2D eigenvalue weighted by Crippen LogP contribution is 2.29. The number of carbonyl (C=O) groups excluding carboxylic acids is 2. The second-order valence-electron chi connectivity index (χ2n) is 7.89. The number of nitrogens with one attached hydrogen (secondary N) is 2. The van der Waals surface area contributed by atoms with Gasteiger partial charge < -0.3 is 10.6 Å². The molecule has 0 unspecified atom stereocenters. The standard InChI is InChI=1S/C26H16F6N4O2/c27-25(28,29)23(37)33-18-10-6-16(7-11-18)21-14-20(15-4-2-1-3-5-15)35-22(36-21)17-8-12-19(13-9-17)34-24(38)26(30,31)32/h1-14H,(H,33,37)(H,34,38). The Morgan fingerprint density at radius 3 is 1.37 bits per heavy atom. The van der Waals surface area contributed by atoms with E-state index in [9.17, 15) is 35.9 Å². The van der Waals surface area contributed by atoms with Crippen molar-refractivity contribution in [3.63, 3.8) is 0 Å². The molecular formula is C26H16F6N4O2. The van der Waals surface area contributed by atoms with Crippen molar-refractivity contribution < 1.29 is 35.9 Å². The van der Waals surface area contributed by atoms with Crippen LogP contribution in [0.25, 0.3) is 33.9 Å². The lowest BCUT2D eigenvalue weighted by atomic mass is 10.1. The molecule has 3 aromatic carbocycles. The first-order chi connectivity index (χ1) is 17.9. The zero-order valence-electron chi connectivity index (χ0n) is 19.1. The van der Waals surface area contributed by atoms with E-state index < -0.39 is 24.2 Å². The highest BCUT2D eigenvalue weighted by atomic mass is 19.4. The van der Waals surface area contributed by atoms with Crippen LogP contribution >= 0.6 is 0 Å². The van der Waals surface area contributed by atoms with E-state index in [2.05, 4.69) is 9.97 Å². The van der Waals surface area contributed by atoms with Crippen molar-refractivity contribution in [1.82, 2.24) is 9.97 Å². The monoisotopic (exact) mass is 530 g/mol. The Balaban J connectivity index is 1.68. The van der Waals surface area contributed by atoms with Crippen molar-refractivity contribution in [2.45, 2.75) is 12.4 Å². The topological polar surface area (TPSA) is 84.0 Å². The molecule has 0 fully saturated rings. The van der Waals surface area contributed by atoms with Crippen molar-refractivity contribution in [2.24, 2.45) is 0 Å². The maximum Gasteiger partial charge on any atom is 0.471 e. The predicted molar refractivity (Wildman–Crippen MR) is 128 cm³/mol. The number of amides is 2. The van der Waals surface area contributed by atoms with E-state index in [0.29, 0.717) is 22.5 Å². The first-order valence-electron chi connectivity index (χ1n) is 10.8. The fourth-order valence-corrected chi connectivity index (χ4v) is 3.31. The number of anilines is 2. The second kappa shape index (κ2) is 10.3. The van der Waals surface area contributed by atoms with E-state index >= 15 is 0 Å². The molecule has 0 bridgehead atoms. The van der Waals surface area contributed by atoms with Gasteiger partial charge in [-0.25, -0.2) is 9.97 Å². The highest BCUT2D eigenvalue weighted by molar-refractivity contribution is 5.95. The van der Waals surface area contributed by atoms with Gasteiger partial charge in [0.05, 0.1) is 11.4 Å². The number of rotatable bonds is 5. The molecule has 4 rings (SSSR count). The maximum atomic E-state index is 12.5. The quantitative estimate of drug-likeness (QED) is 0.290. The molecular weight excluding hydrogens is 514 g/mol. The fraction of sp³-hybridized carbons (Fsp3) is 0.0769. The van der Waals surface area contributed by atoms with Crippen LogP contribution in [0.3, 0.4) is 0 Å². The number of carbonyl (C=O) groups is 2. The molecule has 2 amide bonds. The van der Waals surface area contributed by atoms with Gasteiger partial charge in [-0.2, -0.15) is 26.3 Å². The molecule has 0 aliphatic carbocycles. The van der Waals surface area contributed by atoms with E-state index in [1.54, 1.807) is 41.0 Å².